The average molecular weight is 215 g/mol. The SMILES string of the molecule is O=C([O-])C(=O)Nc1cccc2ncccc12. The molecule has 0 aliphatic rings. The first-order chi connectivity index (χ1) is 7.68. The lowest BCUT2D eigenvalue weighted by Crippen LogP contribution is -2.36. The molecule has 1 amide bonds. The molecule has 0 atom stereocenters. The lowest BCUT2D eigenvalue weighted by molar-refractivity contribution is -0.299. The number of rotatable bonds is 1. The first-order valence-electron chi connectivity index (χ1n) is 4.54. The molecule has 0 saturated carbocycles. The maximum Gasteiger partial charge on any atom is 0.271 e. The molecule has 1 N–H and O–H groups in total. The van der Waals surface area contributed by atoms with Crippen molar-refractivity contribution in [2.45, 2.75) is 0 Å². The minimum atomic E-state index is -1.76. The molecule has 0 aliphatic heterocycles. The molecule has 2 rings (SSSR count). The van der Waals surface area contributed by atoms with E-state index in [9.17, 15) is 14.7 Å². The van der Waals surface area contributed by atoms with Crippen molar-refractivity contribution in [2.75, 3.05) is 5.32 Å². The van der Waals surface area contributed by atoms with Crippen molar-refractivity contribution in [2.24, 2.45) is 0 Å². The summed E-state index contributed by atoms with van der Waals surface area (Å²) in [6.45, 7) is 0. The Hall–Kier alpha value is -2.43. The predicted octanol–water partition coefficient (Wildman–Crippen LogP) is -0.0768. The zero-order chi connectivity index (χ0) is 11.5. The maximum atomic E-state index is 11.0. The number of amides is 1. The highest BCUT2D eigenvalue weighted by atomic mass is 16.4. The van der Waals surface area contributed by atoms with Crippen LogP contribution in [0.2, 0.25) is 0 Å². The van der Waals surface area contributed by atoms with Crippen molar-refractivity contribution < 1.29 is 14.7 Å². The van der Waals surface area contributed by atoms with Crippen LogP contribution < -0.4 is 10.4 Å². The molecule has 5 heteroatoms. The van der Waals surface area contributed by atoms with Gasteiger partial charge in [-0.3, -0.25) is 9.78 Å². The molecule has 1 aromatic carbocycles. The van der Waals surface area contributed by atoms with E-state index in [1.807, 2.05) is 0 Å². The molecule has 1 heterocycles. The number of aromatic nitrogens is 1. The van der Waals surface area contributed by atoms with Gasteiger partial charge in [0, 0.05) is 11.6 Å². The molecule has 5 nitrogen and oxygen atoms in total. The second-order valence-electron chi connectivity index (χ2n) is 3.12. The quantitative estimate of drug-likeness (QED) is 0.674. The molecule has 0 unspecified atom stereocenters. The third kappa shape index (κ3) is 1.83. The first-order valence-corrected chi connectivity index (χ1v) is 4.54. The Bertz CT molecular complexity index is 561. The molecule has 80 valence electrons. The molecule has 2 aromatic rings. The topological polar surface area (TPSA) is 82.1 Å². The summed E-state index contributed by atoms with van der Waals surface area (Å²) in [5.41, 5.74) is 1.08. The van der Waals surface area contributed by atoms with Gasteiger partial charge in [-0.2, -0.15) is 0 Å². The van der Waals surface area contributed by atoms with Crippen molar-refractivity contribution >= 4 is 28.5 Å². The highest BCUT2D eigenvalue weighted by Crippen LogP contribution is 2.20. The maximum absolute atomic E-state index is 11.0. The molecule has 0 spiro atoms. The molecule has 1 aromatic heterocycles. The van der Waals surface area contributed by atoms with E-state index in [4.69, 9.17) is 0 Å². The normalized spacial score (nSPS) is 10.0. The number of carboxylic acids is 1. The molecule has 0 bridgehead atoms. The van der Waals surface area contributed by atoms with Crippen LogP contribution in [0.15, 0.2) is 36.5 Å². The number of hydrogen-bond donors (Lipinski definition) is 1. The van der Waals surface area contributed by atoms with Crippen LogP contribution in [-0.2, 0) is 9.59 Å². The summed E-state index contributed by atoms with van der Waals surface area (Å²) in [6, 6.07) is 8.50. The van der Waals surface area contributed by atoms with Gasteiger partial charge in [-0.05, 0) is 24.3 Å². The Morgan fingerprint density at radius 2 is 2.00 bits per heavy atom. The van der Waals surface area contributed by atoms with E-state index in [0.29, 0.717) is 16.6 Å². The van der Waals surface area contributed by atoms with E-state index in [2.05, 4.69) is 10.3 Å². The number of carbonyl (C=O) groups is 2. The van der Waals surface area contributed by atoms with Crippen LogP contribution in [0.25, 0.3) is 10.9 Å². The Kier molecular flexibility index (Phi) is 2.51. The van der Waals surface area contributed by atoms with Crippen LogP contribution in [0, 0.1) is 0 Å². The number of nitrogens with one attached hydrogen (secondary N) is 1. The Labute approximate surface area is 90.7 Å². The van der Waals surface area contributed by atoms with Gasteiger partial charge in [0.2, 0.25) is 0 Å². The first kappa shape index (κ1) is 10.1. The number of anilines is 1. The van der Waals surface area contributed by atoms with E-state index in [1.165, 1.54) is 0 Å². The summed E-state index contributed by atoms with van der Waals surface area (Å²) in [4.78, 5) is 25.3. The fourth-order valence-electron chi connectivity index (χ4n) is 1.39. The van der Waals surface area contributed by atoms with Gasteiger partial charge in [0.05, 0.1) is 11.2 Å². The lowest BCUT2D eigenvalue weighted by atomic mass is 10.2. The molecular weight excluding hydrogens is 208 g/mol. The highest BCUT2D eigenvalue weighted by Gasteiger charge is 2.05. The minimum Gasteiger partial charge on any atom is -0.540 e. The molecule has 0 saturated heterocycles. The summed E-state index contributed by atoms with van der Waals surface area (Å²) in [5, 5.41) is 13.2. The molecule has 0 radical (unpaired) electrons. The predicted molar refractivity (Wildman–Crippen MR) is 55.4 cm³/mol. The van der Waals surface area contributed by atoms with E-state index in [1.54, 1.807) is 36.5 Å². The third-order valence-electron chi connectivity index (χ3n) is 2.08. The number of fused-ring (bicyclic) bond motifs is 1. The summed E-state index contributed by atoms with van der Waals surface area (Å²) in [7, 11) is 0. The zero-order valence-electron chi connectivity index (χ0n) is 8.14. The molecule has 0 aliphatic carbocycles. The Balaban J connectivity index is 2.45. The van der Waals surface area contributed by atoms with Crippen molar-refractivity contribution in [3.8, 4) is 0 Å². The number of carbonyl (C=O) groups excluding carboxylic acids is 2. The van der Waals surface area contributed by atoms with E-state index < -0.39 is 11.9 Å². The summed E-state index contributed by atoms with van der Waals surface area (Å²) >= 11 is 0. The van der Waals surface area contributed by atoms with Crippen LogP contribution in [0.4, 0.5) is 5.69 Å². The summed E-state index contributed by atoms with van der Waals surface area (Å²) in [6.07, 6.45) is 1.62. The average Bonchev–Trinajstić information content (AvgIpc) is 2.29. The standard InChI is InChI=1S/C11H8N2O3/c14-10(11(15)16)13-9-5-1-4-8-7(9)3-2-6-12-8/h1-6H,(H,13,14)(H,15,16)/p-1. The van der Waals surface area contributed by atoms with Gasteiger partial charge < -0.3 is 15.2 Å². The summed E-state index contributed by atoms with van der Waals surface area (Å²) in [5.74, 6) is -2.93. The fraction of sp³-hybridized carbons (Fsp3) is 0. The van der Waals surface area contributed by atoms with Crippen molar-refractivity contribution in [3.05, 3.63) is 36.5 Å². The molecule has 16 heavy (non-hydrogen) atoms. The highest BCUT2D eigenvalue weighted by molar-refractivity contribution is 6.36. The number of carboxylic acid groups (broad SMARTS) is 1. The van der Waals surface area contributed by atoms with Gasteiger partial charge in [-0.1, -0.05) is 6.07 Å². The number of aliphatic carboxylic acids is 1. The van der Waals surface area contributed by atoms with Gasteiger partial charge in [0.25, 0.3) is 5.91 Å². The van der Waals surface area contributed by atoms with Crippen LogP contribution >= 0.6 is 0 Å². The second kappa shape index (κ2) is 3.98. The van der Waals surface area contributed by atoms with Crippen LogP contribution in [0.3, 0.4) is 0 Å². The fourth-order valence-corrected chi connectivity index (χ4v) is 1.39. The van der Waals surface area contributed by atoms with E-state index in [0.717, 1.165) is 0 Å². The Morgan fingerprint density at radius 1 is 1.19 bits per heavy atom. The molecular formula is C11H7N2O3-. The van der Waals surface area contributed by atoms with Crippen LogP contribution in [0.5, 0.6) is 0 Å². The van der Waals surface area contributed by atoms with E-state index >= 15 is 0 Å². The smallest absolute Gasteiger partial charge is 0.271 e. The minimum absolute atomic E-state index is 0.403. The monoisotopic (exact) mass is 215 g/mol. The van der Waals surface area contributed by atoms with Crippen LogP contribution in [-0.4, -0.2) is 16.9 Å². The van der Waals surface area contributed by atoms with Gasteiger partial charge in [-0.25, -0.2) is 0 Å². The summed E-state index contributed by atoms with van der Waals surface area (Å²) < 4.78 is 0. The van der Waals surface area contributed by atoms with Crippen molar-refractivity contribution in [1.29, 1.82) is 0 Å². The molecule has 0 fully saturated rings. The Morgan fingerprint density at radius 3 is 2.75 bits per heavy atom. The van der Waals surface area contributed by atoms with Crippen LogP contribution in [0.1, 0.15) is 0 Å². The van der Waals surface area contributed by atoms with Gasteiger partial charge in [0.1, 0.15) is 5.97 Å². The third-order valence-corrected chi connectivity index (χ3v) is 2.08. The van der Waals surface area contributed by atoms with Gasteiger partial charge in [-0.15, -0.1) is 0 Å². The van der Waals surface area contributed by atoms with Crippen molar-refractivity contribution in [1.82, 2.24) is 4.98 Å². The zero-order valence-corrected chi connectivity index (χ0v) is 8.14. The number of benzene rings is 1. The largest absolute Gasteiger partial charge is 0.540 e. The van der Waals surface area contributed by atoms with Gasteiger partial charge in [0.15, 0.2) is 0 Å². The van der Waals surface area contributed by atoms with Gasteiger partial charge >= 0.3 is 0 Å². The second-order valence-corrected chi connectivity index (χ2v) is 3.12. The van der Waals surface area contributed by atoms with E-state index in [-0.39, 0.29) is 0 Å². The number of nitrogens with zero attached hydrogens (tertiary/aromatic N) is 1. The van der Waals surface area contributed by atoms with Crippen molar-refractivity contribution in [3.63, 3.8) is 0 Å². The number of pyridine rings is 1. The lowest BCUT2D eigenvalue weighted by Gasteiger charge is -2.08. The number of hydrogen-bond acceptors (Lipinski definition) is 4.